The molecule has 13 heavy (non-hydrogen) atoms. The van der Waals surface area contributed by atoms with Crippen LogP contribution in [0.15, 0.2) is 0 Å². The van der Waals surface area contributed by atoms with Gasteiger partial charge in [-0.05, 0) is 31.2 Å². The number of hydrogen-bond acceptors (Lipinski definition) is 2. The smallest absolute Gasteiger partial charge is 0.00172 e. The zero-order valence-corrected chi connectivity index (χ0v) is 10.3. The summed E-state index contributed by atoms with van der Waals surface area (Å²) in [5, 5.41) is 0. The van der Waals surface area contributed by atoms with Crippen molar-refractivity contribution in [1.29, 1.82) is 0 Å². The minimum atomic E-state index is 0.778. The fourth-order valence-corrected chi connectivity index (χ4v) is 1.81. The number of rotatable bonds is 8. The van der Waals surface area contributed by atoms with Crippen molar-refractivity contribution in [3.8, 4) is 0 Å². The van der Waals surface area contributed by atoms with Crippen LogP contribution in [0.3, 0.4) is 0 Å². The van der Waals surface area contributed by atoms with E-state index in [-0.39, 0.29) is 0 Å². The molecule has 0 saturated heterocycles. The van der Waals surface area contributed by atoms with Gasteiger partial charge in [-0.3, -0.25) is 0 Å². The minimum Gasteiger partial charge on any atom is -0.303 e. The summed E-state index contributed by atoms with van der Waals surface area (Å²) in [7, 11) is 0. The first-order chi connectivity index (χ1) is 6.28. The fraction of sp³-hybridized carbons (Fsp3) is 1.00. The van der Waals surface area contributed by atoms with Crippen LogP contribution < -0.4 is 0 Å². The van der Waals surface area contributed by atoms with Crippen molar-refractivity contribution >= 4 is 12.6 Å². The minimum absolute atomic E-state index is 0.778. The van der Waals surface area contributed by atoms with E-state index in [1.807, 2.05) is 0 Å². The van der Waals surface area contributed by atoms with Crippen molar-refractivity contribution < 1.29 is 0 Å². The van der Waals surface area contributed by atoms with Gasteiger partial charge in [0, 0.05) is 6.54 Å². The van der Waals surface area contributed by atoms with Gasteiger partial charge in [0.25, 0.3) is 0 Å². The van der Waals surface area contributed by atoms with Crippen LogP contribution in [0.2, 0.25) is 0 Å². The highest BCUT2D eigenvalue weighted by Gasteiger charge is 2.08. The predicted octanol–water partition coefficient (Wildman–Crippen LogP) is 3.06. The van der Waals surface area contributed by atoms with Crippen molar-refractivity contribution in [2.75, 3.05) is 25.4 Å². The molecule has 0 saturated carbocycles. The second-order valence-corrected chi connectivity index (χ2v) is 4.07. The maximum absolute atomic E-state index is 4.37. The maximum atomic E-state index is 4.37. The largest absolute Gasteiger partial charge is 0.303 e. The Balaban J connectivity index is 3.67. The van der Waals surface area contributed by atoms with Gasteiger partial charge in [-0.25, -0.2) is 0 Å². The normalized spacial score (nSPS) is 13.6. The summed E-state index contributed by atoms with van der Waals surface area (Å²) in [5.41, 5.74) is 0. The molecular formula is C11H25NS. The third-order valence-electron chi connectivity index (χ3n) is 2.63. The van der Waals surface area contributed by atoms with Crippen molar-refractivity contribution in [1.82, 2.24) is 4.90 Å². The molecule has 0 aromatic carbocycles. The molecule has 0 aliphatic rings. The number of nitrogens with zero attached hydrogens (tertiary/aromatic N) is 1. The molecule has 0 spiro atoms. The SMILES string of the molecule is CCCCN(CC)CC(CC)CS. The summed E-state index contributed by atoms with van der Waals surface area (Å²) in [4.78, 5) is 2.55. The van der Waals surface area contributed by atoms with Crippen LogP contribution in [0, 0.1) is 5.92 Å². The van der Waals surface area contributed by atoms with Gasteiger partial charge >= 0.3 is 0 Å². The molecule has 0 aliphatic carbocycles. The van der Waals surface area contributed by atoms with Crippen LogP contribution in [0.25, 0.3) is 0 Å². The summed E-state index contributed by atoms with van der Waals surface area (Å²) in [6.45, 7) is 10.4. The molecule has 0 aromatic rings. The van der Waals surface area contributed by atoms with E-state index in [0.717, 1.165) is 11.7 Å². The average Bonchev–Trinajstić information content (AvgIpc) is 2.19. The molecule has 1 nitrogen and oxygen atoms in total. The number of thiol groups is 1. The lowest BCUT2D eigenvalue weighted by Crippen LogP contribution is -2.30. The monoisotopic (exact) mass is 203 g/mol. The Bertz CT molecular complexity index is 102. The highest BCUT2D eigenvalue weighted by atomic mass is 32.1. The van der Waals surface area contributed by atoms with E-state index >= 15 is 0 Å². The second kappa shape index (κ2) is 8.89. The molecule has 0 aliphatic heterocycles. The van der Waals surface area contributed by atoms with Crippen molar-refractivity contribution in [2.45, 2.75) is 40.0 Å². The summed E-state index contributed by atoms with van der Waals surface area (Å²) < 4.78 is 0. The molecule has 0 bridgehead atoms. The Morgan fingerprint density at radius 2 is 1.92 bits per heavy atom. The van der Waals surface area contributed by atoms with Gasteiger partial charge in [0.05, 0.1) is 0 Å². The molecule has 0 amide bonds. The quantitative estimate of drug-likeness (QED) is 0.593. The summed E-state index contributed by atoms with van der Waals surface area (Å²) in [6, 6.07) is 0. The molecule has 0 heterocycles. The van der Waals surface area contributed by atoms with Crippen LogP contribution >= 0.6 is 12.6 Å². The summed E-state index contributed by atoms with van der Waals surface area (Å²) >= 11 is 4.37. The van der Waals surface area contributed by atoms with E-state index in [1.54, 1.807) is 0 Å². The van der Waals surface area contributed by atoms with Crippen LogP contribution in [-0.4, -0.2) is 30.3 Å². The third kappa shape index (κ3) is 6.39. The van der Waals surface area contributed by atoms with Gasteiger partial charge in [0.1, 0.15) is 0 Å². The lowest BCUT2D eigenvalue weighted by Gasteiger charge is -2.24. The Morgan fingerprint density at radius 3 is 2.31 bits per heavy atom. The Labute approximate surface area is 89.3 Å². The molecular weight excluding hydrogens is 178 g/mol. The van der Waals surface area contributed by atoms with E-state index < -0.39 is 0 Å². The van der Waals surface area contributed by atoms with Crippen LogP contribution in [-0.2, 0) is 0 Å². The van der Waals surface area contributed by atoms with E-state index in [9.17, 15) is 0 Å². The molecule has 1 unspecified atom stereocenters. The van der Waals surface area contributed by atoms with Crippen molar-refractivity contribution in [3.63, 3.8) is 0 Å². The molecule has 1 atom stereocenters. The molecule has 80 valence electrons. The van der Waals surface area contributed by atoms with Gasteiger partial charge in [0.2, 0.25) is 0 Å². The highest BCUT2D eigenvalue weighted by Crippen LogP contribution is 2.08. The predicted molar refractivity (Wildman–Crippen MR) is 64.7 cm³/mol. The van der Waals surface area contributed by atoms with E-state index in [0.29, 0.717) is 0 Å². The van der Waals surface area contributed by atoms with E-state index in [4.69, 9.17) is 0 Å². The van der Waals surface area contributed by atoms with E-state index in [2.05, 4.69) is 38.3 Å². The first kappa shape index (κ1) is 13.3. The Hall–Kier alpha value is 0.310. The van der Waals surface area contributed by atoms with Gasteiger partial charge in [-0.1, -0.05) is 33.6 Å². The lowest BCUT2D eigenvalue weighted by atomic mass is 10.1. The first-order valence-electron chi connectivity index (χ1n) is 5.61. The molecule has 2 heteroatoms. The molecule has 0 fully saturated rings. The zero-order chi connectivity index (χ0) is 10.1. The Morgan fingerprint density at radius 1 is 1.23 bits per heavy atom. The van der Waals surface area contributed by atoms with Crippen LogP contribution in [0.1, 0.15) is 40.0 Å². The first-order valence-corrected chi connectivity index (χ1v) is 6.24. The average molecular weight is 203 g/mol. The second-order valence-electron chi connectivity index (χ2n) is 3.70. The van der Waals surface area contributed by atoms with Crippen LogP contribution in [0.4, 0.5) is 0 Å². The van der Waals surface area contributed by atoms with E-state index in [1.165, 1.54) is 38.9 Å². The topological polar surface area (TPSA) is 3.24 Å². The molecule has 0 rings (SSSR count). The third-order valence-corrected chi connectivity index (χ3v) is 3.14. The molecule has 0 radical (unpaired) electrons. The zero-order valence-electron chi connectivity index (χ0n) is 9.42. The van der Waals surface area contributed by atoms with Crippen LogP contribution in [0.5, 0.6) is 0 Å². The van der Waals surface area contributed by atoms with Gasteiger partial charge < -0.3 is 4.90 Å². The highest BCUT2D eigenvalue weighted by molar-refractivity contribution is 7.80. The van der Waals surface area contributed by atoms with Gasteiger partial charge in [0.15, 0.2) is 0 Å². The standard InChI is InChI=1S/C11H25NS/c1-4-7-8-12(6-3)9-11(5-2)10-13/h11,13H,4-10H2,1-3H3. The van der Waals surface area contributed by atoms with Crippen molar-refractivity contribution in [3.05, 3.63) is 0 Å². The van der Waals surface area contributed by atoms with Gasteiger partial charge in [-0.2, -0.15) is 12.6 Å². The lowest BCUT2D eigenvalue weighted by molar-refractivity contribution is 0.244. The summed E-state index contributed by atoms with van der Waals surface area (Å²) in [6.07, 6.45) is 3.89. The maximum Gasteiger partial charge on any atom is 0.00172 e. The molecule has 0 aromatic heterocycles. The Kier molecular flexibility index (Phi) is 9.10. The van der Waals surface area contributed by atoms with Gasteiger partial charge in [-0.15, -0.1) is 0 Å². The number of unbranched alkanes of at least 4 members (excludes halogenated alkanes) is 1. The number of hydrogen-bond donors (Lipinski definition) is 1. The van der Waals surface area contributed by atoms with Crippen molar-refractivity contribution in [2.24, 2.45) is 5.92 Å². The molecule has 0 N–H and O–H groups in total. The summed E-state index contributed by atoms with van der Waals surface area (Å²) in [5.74, 6) is 1.80. The fourth-order valence-electron chi connectivity index (χ4n) is 1.44.